The summed E-state index contributed by atoms with van der Waals surface area (Å²) in [4.78, 5) is 10.5. The molecule has 2 N–H and O–H groups in total. The minimum atomic E-state index is -4.69. The Hall–Kier alpha value is -2.55. The van der Waals surface area contributed by atoms with Crippen LogP contribution in [0.25, 0.3) is 0 Å². The molecule has 3 rings (SSSR count). The number of benzene rings is 1. The molecular formula is C15H16F3N5O. The Bertz CT molecular complexity index is 672. The zero-order valence-electron chi connectivity index (χ0n) is 12.7. The summed E-state index contributed by atoms with van der Waals surface area (Å²) in [5.74, 6) is 1.12. The lowest BCUT2D eigenvalue weighted by atomic mass is 10.3. The van der Waals surface area contributed by atoms with Crippen molar-refractivity contribution in [3.63, 3.8) is 0 Å². The molecule has 0 atom stereocenters. The predicted octanol–water partition coefficient (Wildman–Crippen LogP) is 2.53. The van der Waals surface area contributed by atoms with E-state index in [2.05, 4.69) is 30.2 Å². The van der Waals surface area contributed by atoms with Crippen LogP contribution in [0.2, 0.25) is 0 Å². The fraction of sp³-hybridized carbons (Fsp3) is 0.333. The fourth-order valence-electron chi connectivity index (χ4n) is 2.37. The minimum absolute atomic E-state index is 0.266. The lowest BCUT2D eigenvalue weighted by Gasteiger charge is -2.28. The average molecular weight is 339 g/mol. The largest absolute Gasteiger partial charge is 0.573 e. The summed E-state index contributed by atoms with van der Waals surface area (Å²) in [7, 11) is 0. The van der Waals surface area contributed by atoms with Crippen molar-refractivity contribution in [3.8, 4) is 5.75 Å². The Labute approximate surface area is 136 Å². The minimum Gasteiger partial charge on any atom is -0.406 e. The zero-order chi connectivity index (χ0) is 17.0. The van der Waals surface area contributed by atoms with Crippen molar-refractivity contribution >= 4 is 17.3 Å². The Balaban J connectivity index is 1.67. The summed E-state index contributed by atoms with van der Waals surface area (Å²) in [6, 6.07) is 7.29. The molecule has 0 amide bonds. The van der Waals surface area contributed by atoms with Crippen LogP contribution in [0, 0.1) is 0 Å². The predicted molar refractivity (Wildman–Crippen MR) is 83.5 cm³/mol. The highest BCUT2D eigenvalue weighted by atomic mass is 19.4. The van der Waals surface area contributed by atoms with Crippen molar-refractivity contribution in [2.24, 2.45) is 0 Å². The van der Waals surface area contributed by atoms with E-state index < -0.39 is 6.36 Å². The van der Waals surface area contributed by atoms with E-state index in [0.717, 1.165) is 32.0 Å². The number of hydrogen-bond acceptors (Lipinski definition) is 6. The molecule has 2 heterocycles. The van der Waals surface area contributed by atoms with Gasteiger partial charge in [-0.05, 0) is 24.3 Å². The number of nitrogens with zero attached hydrogens (tertiary/aromatic N) is 3. The third-order valence-electron chi connectivity index (χ3n) is 3.45. The van der Waals surface area contributed by atoms with Crippen LogP contribution in [0.4, 0.5) is 30.5 Å². The van der Waals surface area contributed by atoms with Gasteiger partial charge in [0.2, 0.25) is 0 Å². The summed E-state index contributed by atoms with van der Waals surface area (Å²) in [6.45, 7) is 3.51. The van der Waals surface area contributed by atoms with E-state index in [1.165, 1.54) is 30.6 Å². The van der Waals surface area contributed by atoms with Crippen molar-refractivity contribution in [2.45, 2.75) is 6.36 Å². The molecule has 0 radical (unpaired) electrons. The summed E-state index contributed by atoms with van der Waals surface area (Å²) in [5.41, 5.74) is 0.606. The van der Waals surface area contributed by atoms with Gasteiger partial charge in [-0.2, -0.15) is 0 Å². The molecule has 1 aromatic carbocycles. The topological polar surface area (TPSA) is 62.3 Å². The van der Waals surface area contributed by atoms with Gasteiger partial charge in [0.1, 0.15) is 23.7 Å². The van der Waals surface area contributed by atoms with Gasteiger partial charge in [0.25, 0.3) is 0 Å². The second-order valence-electron chi connectivity index (χ2n) is 5.20. The van der Waals surface area contributed by atoms with Crippen molar-refractivity contribution in [2.75, 3.05) is 36.4 Å². The first-order valence-electron chi connectivity index (χ1n) is 7.40. The van der Waals surface area contributed by atoms with Crippen LogP contribution in [0.15, 0.2) is 36.7 Å². The van der Waals surface area contributed by atoms with Gasteiger partial charge < -0.3 is 20.3 Å². The van der Waals surface area contributed by atoms with Gasteiger partial charge in [0.15, 0.2) is 0 Å². The van der Waals surface area contributed by atoms with Crippen molar-refractivity contribution in [1.29, 1.82) is 0 Å². The quantitative estimate of drug-likeness (QED) is 0.893. The summed E-state index contributed by atoms with van der Waals surface area (Å²) in [6.07, 6.45) is -3.24. The maximum Gasteiger partial charge on any atom is 0.573 e. The zero-order valence-corrected chi connectivity index (χ0v) is 12.7. The highest BCUT2D eigenvalue weighted by molar-refractivity contribution is 5.60. The lowest BCUT2D eigenvalue weighted by molar-refractivity contribution is -0.274. The molecule has 0 aliphatic carbocycles. The smallest absolute Gasteiger partial charge is 0.406 e. The number of ether oxygens (including phenoxy) is 1. The highest BCUT2D eigenvalue weighted by Gasteiger charge is 2.30. The number of rotatable bonds is 4. The third kappa shape index (κ3) is 4.48. The summed E-state index contributed by atoms with van der Waals surface area (Å²) < 4.78 is 40.3. The van der Waals surface area contributed by atoms with Gasteiger partial charge in [0.05, 0.1) is 0 Å². The third-order valence-corrected chi connectivity index (χ3v) is 3.45. The lowest BCUT2D eigenvalue weighted by Crippen LogP contribution is -2.43. The SMILES string of the molecule is FC(F)(F)Oc1ccc(Nc2cc(N3CCNCC3)ncn2)cc1. The number of anilines is 3. The molecule has 9 heteroatoms. The molecular weight excluding hydrogens is 323 g/mol. The first-order chi connectivity index (χ1) is 11.5. The van der Waals surface area contributed by atoms with Gasteiger partial charge in [-0.25, -0.2) is 9.97 Å². The van der Waals surface area contributed by atoms with Gasteiger partial charge >= 0.3 is 6.36 Å². The molecule has 2 aromatic rings. The molecule has 1 fully saturated rings. The Morgan fingerprint density at radius 2 is 1.79 bits per heavy atom. The Morgan fingerprint density at radius 1 is 1.08 bits per heavy atom. The average Bonchev–Trinajstić information content (AvgIpc) is 2.56. The van der Waals surface area contributed by atoms with Crippen molar-refractivity contribution < 1.29 is 17.9 Å². The molecule has 1 saturated heterocycles. The van der Waals surface area contributed by atoms with E-state index in [1.54, 1.807) is 0 Å². The maximum absolute atomic E-state index is 12.1. The number of hydrogen-bond donors (Lipinski definition) is 2. The van der Waals surface area contributed by atoms with Crippen LogP contribution in [0.3, 0.4) is 0 Å². The molecule has 1 aromatic heterocycles. The van der Waals surface area contributed by atoms with Crippen LogP contribution in [-0.4, -0.2) is 42.5 Å². The molecule has 1 aliphatic heterocycles. The van der Waals surface area contributed by atoms with E-state index >= 15 is 0 Å². The van der Waals surface area contributed by atoms with E-state index in [0.29, 0.717) is 11.5 Å². The van der Waals surface area contributed by atoms with Gasteiger partial charge in [-0.15, -0.1) is 13.2 Å². The van der Waals surface area contributed by atoms with E-state index in [1.807, 2.05) is 6.07 Å². The van der Waals surface area contributed by atoms with E-state index in [4.69, 9.17) is 0 Å². The van der Waals surface area contributed by atoms with Gasteiger partial charge in [-0.3, -0.25) is 0 Å². The van der Waals surface area contributed by atoms with E-state index in [-0.39, 0.29) is 5.75 Å². The first kappa shape index (κ1) is 16.3. The molecule has 128 valence electrons. The molecule has 1 aliphatic rings. The van der Waals surface area contributed by atoms with Crippen molar-refractivity contribution in [3.05, 3.63) is 36.7 Å². The Kier molecular flexibility index (Phi) is 4.70. The van der Waals surface area contributed by atoms with Crippen molar-refractivity contribution in [1.82, 2.24) is 15.3 Å². The van der Waals surface area contributed by atoms with Crippen LogP contribution < -0.4 is 20.3 Å². The Morgan fingerprint density at radius 3 is 2.46 bits per heavy atom. The summed E-state index contributed by atoms with van der Waals surface area (Å²) in [5, 5.41) is 6.31. The number of alkyl halides is 3. The monoisotopic (exact) mass is 339 g/mol. The van der Waals surface area contributed by atoms with Gasteiger partial charge in [-0.1, -0.05) is 0 Å². The van der Waals surface area contributed by atoms with E-state index in [9.17, 15) is 13.2 Å². The maximum atomic E-state index is 12.1. The van der Waals surface area contributed by atoms with Crippen LogP contribution in [0.5, 0.6) is 5.75 Å². The van der Waals surface area contributed by atoms with Crippen LogP contribution in [0.1, 0.15) is 0 Å². The highest BCUT2D eigenvalue weighted by Crippen LogP contribution is 2.25. The second kappa shape index (κ2) is 6.91. The fourth-order valence-corrected chi connectivity index (χ4v) is 2.37. The molecule has 24 heavy (non-hydrogen) atoms. The second-order valence-corrected chi connectivity index (χ2v) is 5.20. The number of piperazine rings is 1. The van der Waals surface area contributed by atoms with Crippen LogP contribution >= 0.6 is 0 Å². The first-order valence-corrected chi connectivity index (χ1v) is 7.40. The number of aromatic nitrogens is 2. The number of halogens is 3. The standard InChI is InChI=1S/C15H16F3N5O/c16-15(17,18)24-12-3-1-11(2-4-12)22-13-9-14(21-10-20-13)23-7-5-19-6-8-23/h1-4,9-10,19H,5-8H2,(H,20,21,22). The molecule has 0 unspecified atom stereocenters. The van der Waals surface area contributed by atoms with Gasteiger partial charge in [0, 0.05) is 37.9 Å². The molecule has 0 saturated carbocycles. The molecule has 0 bridgehead atoms. The number of nitrogens with one attached hydrogen (secondary N) is 2. The summed E-state index contributed by atoms with van der Waals surface area (Å²) >= 11 is 0. The molecule has 0 spiro atoms. The van der Waals surface area contributed by atoms with Crippen LogP contribution in [-0.2, 0) is 0 Å². The molecule has 6 nitrogen and oxygen atoms in total. The normalized spacial score (nSPS) is 15.2.